The Bertz CT molecular complexity index is 1480. The van der Waals surface area contributed by atoms with Crippen LogP contribution >= 0.6 is 11.3 Å². The second-order valence-electron chi connectivity index (χ2n) is 8.96. The molecule has 0 radical (unpaired) electrons. The number of aliphatic hydroxyl groups excluding tert-OH is 1. The number of amides is 1. The van der Waals surface area contributed by atoms with Crippen LogP contribution in [0, 0.1) is 6.92 Å². The van der Waals surface area contributed by atoms with Gasteiger partial charge in [-0.1, -0.05) is 42.9 Å². The molecule has 0 aliphatic carbocycles. The summed E-state index contributed by atoms with van der Waals surface area (Å²) in [6.07, 6.45) is 1.80. The molecule has 4 rings (SSSR count). The van der Waals surface area contributed by atoms with Gasteiger partial charge in [0.25, 0.3) is 5.78 Å². The van der Waals surface area contributed by atoms with E-state index in [1.807, 2.05) is 6.92 Å². The maximum absolute atomic E-state index is 13.5. The molecule has 1 aliphatic rings. The number of aliphatic hydroxyl groups is 1. The lowest BCUT2D eigenvalue weighted by Gasteiger charge is -2.23. The molecule has 1 saturated heterocycles. The van der Waals surface area contributed by atoms with Gasteiger partial charge in [0.1, 0.15) is 16.4 Å². The number of phenols is 1. The number of methoxy groups -OCH3 is 1. The van der Waals surface area contributed by atoms with E-state index in [0.717, 1.165) is 29.1 Å². The molecular formula is C29H30N2O8S. The number of unbranched alkanes of at least 4 members (excludes halogenated alkanes) is 1. The number of aromatic nitrogens is 1. The summed E-state index contributed by atoms with van der Waals surface area (Å²) in [5, 5.41) is 21.8. The molecule has 1 atom stereocenters. The van der Waals surface area contributed by atoms with Crippen molar-refractivity contribution in [2.45, 2.75) is 39.7 Å². The second kappa shape index (κ2) is 12.2. The molecule has 10 nitrogen and oxygen atoms in total. The fourth-order valence-electron chi connectivity index (χ4n) is 4.31. The van der Waals surface area contributed by atoms with Crippen LogP contribution in [-0.4, -0.2) is 53.2 Å². The number of esters is 1. The number of carbonyl (C=O) groups is 3. The van der Waals surface area contributed by atoms with Crippen LogP contribution in [0.2, 0.25) is 0 Å². The average Bonchev–Trinajstić information content (AvgIpc) is 3.46. The zero-order chi connectivity index (χ0) is 29.0. The molecule has 1 fully saturated rings. The number of hydrogen-bond donors (Lipinski definition) is 2. The van der Waals surface area contributed by atoms with Gasteiger partial charge in [0.15, 0.2) is 16.6 Å². The number of anilines is 1. The van der Waals surface area contributed by atoms with Gasteiger partial charge in [-0.25, -0.2) is 9.78 Å². The zero-order valence-corrected chi connectivity index (χ0v) is 23.4. The predicted molar refractivity (Wildman–Crippen MR) is 149 cm³/mol. The molecule has 1 amide bonds. The number of rotatable bonds is 10. The van der Waals surface area contributed by atoms with E-state index in [1.54, 1.807) is 38.1 Å². The summed E-state index contributed by atoms with van der Waals surface area (Å²) >= 11 is 0.897. The molecule has 1 aliphatic heterocycles. The van der Waals surface area contributed by atoms with E-state index in [9.17, 15) is 24.6 Å². The summed E-state index contributed by atoms with van der Waals surface area (Å²) in [6.45, 7) is 6.14. The van der Waals surface area contributed by atoms with Gasteiger partial charge in [-0.05, 0) is 50.1 Å². The van der Waals surface area contributed by atoms with Crippen LogP contribution in [0.3, 0.4) is 0 Å². The number of aryl methyl sites for hydroxylation is 1. The number of nitrogens with zero attached hydrogens (tertiary/aromatic N) is 2. The molecule has 3 aromatic rings. The van der Waals surface area contributed by atoms with Crippen molar-refractivity contribution in [2.24, 2.45) is 0 Å². The Balaban J connectivity index is 1.90. The van der Waals surface area contributed by atoms with Gasteiger partial charge in [-0.2, -0.15) is 0 Å². The van der Waals surface area contributed by atoms with E-state index in [4.69, 9.17) is 14.2 Å². The number of hydrogen-bond acceptors (Lipinski definition) is 10. The number of aromatic hydroxyl groups is 1. The van der Waals surface area contributed by atoms with Gasteiger partial charge in [-0.3, -0.25) is 14.5 Å². The van der Waals surface area contributed by atoms with Crippen LogP contribution in [0.25, 0.3) is 5.76 Å². The van der Waals surface area contributed by atoms with Crippen LogP contribution < -0.4 is 14.4 Å². The minimum absolute atomic E-state index is 0.0757. The van der Waals surface area contributed by atoms with Crippen molar-refractivity contribution in [3.8, 4) is 17.2 Å². The first-order valence-corrected chi connectivity index (χ1v) is 13.6. The largest absolute Gasteiger partial charge is 0.507 e. The van der Waals surface area contributed by atoms with Crippen molar-refractivity contribution in [3.05, 3.63) is 69.7 Å². The highest BCUT2D eigenvalue weighted by molar-refractivity contribution is 7.17. The molecule has 0 bridgehead atoms. The van der Waals surface area contributed by atoms with Crippen molar-refractivity contribution >= 4 is 39.9 Å². The lowest BCUT2D eigenvalue weighted by molar-refractivity contribution is -0.132. The lowest BCUT2D eigenvalue weighted by Crippen LogP contribution is -2.29. The first-order valence-electron chi connectivity index (χ1n) is 12.8. The molecule has 1 unspecified atom stereocenters. The van der Waals surface area contributed by atoms with Crippen molar-refractivity contribution in [1.82, 2.24) is 4.98 Å². The molecular weight excluding hydrogens is 536 g/mol. The van der Waals surface area contributed by atoms with Crippen LogP contribution in [0.4, 0.5) is 5.13 Å². The topological polar surface area (TPSA) is 135 Å². The van der Waals surface area contributed by atoms with Gasteiger partial charge in [-0.15, -0.1) is 0 Å². The van der Waals surface area contributed by atoms with Crippen LogP contribution in [0.5, 0.6) is 17.2 Å². The normalized spacial score (nSPS) is 16.3. The Kier molecular flexibility index (Phi) is 8.73. The van der Waals surface area contributed by atoms with Crippen molar-refractivity contribution < 1.29 is 38.8 Å². The number of Topliss-reactive ketones (excluding diaryl/α,β-unsaturated/α-hetero) is 1. The van der Waals surface area contributed by atoms with E-state index in [1.165, 1.54) is 25.3 Å². The van der Waals surface area contributed by atoms with Crippen molar-refractivity contribution in [2.75, 3.05) is 25.2 Å². The van der Waals surface area contributed by atoms with E-state index < -0.39 is 29.5 Å². The summed E-state index contributed by atoms with van der Waals surface area (Å²) in [7, 11) is 1.24. The zero-order valence-electron chi connectivity index (χ0n) is 22.6. The van der Waals surface area contributed by atoms with E-state index in [-0.39, 0.29) is 39.3 Å². The Morgan fingerprint density at radius 1 is 1.12 bits per heavy atom. The number of thiazole rings is 1. The number of phenolic OH excluding ortho intramolecular Hbond substituents is 1. The third kappa shape index (κ3) is 5.50. The smallest absolute Gasteiger partial charge is 0.350 e. The van der Waals surface area contributed by atoms with Crippen LogP contribution in [0.1, 0.15) is 59.2 Å². The monoisotopic (exact) mass is 566 g/mol. The number of ketones is 1. The molecule has 0 saturated carbocycles. The fraction of sp³-hybridized carbons (Fsp3) is 0.310. The first-order chi connectivity index (χ1) is 19.2. The summed E-state index contributed by atoms with van der Waals surface area (Å²) < 4.78 is 16.1. The van der Waals surface area contributed by atoms with E-state index in [0.29, 0.717) is 23.6 Å². The quantitative estimate of drug-likeness (QED) is 0.112. The van der Waals surface area contributed by atoms with Crippen molar-refractivity contribution in [1.29, 1.82) is 0 Å². The second-order valence-corrected chi connectivity index (χ2v) is 9.94. The standard InChI is InChI=1S/C29H30N2O8S/c1-5-7-13-39-19-10-8-9-18(14-19)24(33)22-23(17-11-12-20(32)21(15-17)38-6-2)31(27(35)25(22)34)29-30-16(3)26(40-29)28(36)37-4/h8-12,14-15,23,32-33H,5-7,13H2,1-4H3/b24-22+. The molecule has 40 heavy (non-hydrogen) atoms. The van der Waals surface area contributed by atoms with Gasteiger partial charge in [0.05, 0.1) is 37.6 Å². The third-order valence-corrected chi connectivity index (χ3v) is 7.42. The number of ether oxygens (including phenoxy) is 3. The maximum Gasteiger partial charge on any atom is 0.350 e. The molecule has 2 heterocycles. The third-order valence-electron chi connectivity index (χ3n) is 6.28. The Labute approximate surface area is 235 Å². The van der Waals surface area contributed by atoms with Gasteiger partial charge >= 0.3 is 11.9 Å². The number of benzene rings is 2. The average molecular weight is 567 g/mol. The number of carbonyl (C=O) groups excluding carboxylic acids is 3. The highest BCUT2D eigenvalue weighted by Crippen LogP contribution is 2.45. The minimum atomic E-state index is -1.14. The summed E-state index contributed by atoms with van der Waals surface area (Å²) in [4.78, 5) is 45.0. The summed E-state index contributed by atoms with van der Waals surface area (Å²) in [5.41, 5.74) is 0.803. The highest BCUT2D eigenvalue weighted by Gasteiger charge is 2.48. The van der Waals surface area contributed by atoms with Crippen LogP contribution in [-0.2, 0) is 14.3 Å². The van der Waals surface area contributed by atoms with Gasteiger partial charge in [0.2, 0.25) is 0 Å². The van der Waals surface area contributed by atoms with Crippen LogP contribution in [0.15, 0.2) is 48.0 Å². The van der Waals surface area contributed by atoms with E-state index >= 15 is 0 Å². The molecule has 210 valence electrons. The molecule has 2 aromatic carbocycles. The minimum Gasteiger partial charge on any atom is -0.507 e. The Morgan fingerprint density at radius 3 is 2.60 bits per heavy atom. The first kappa shape index (κ1) is 28.6. The Morgan fingerprint density at radius 2 is 1.90 bits per heavy atom. The lowest BCUT2D eigenvalue weighted by atomic mass is 9.95. The summed E-state index contributed by atoms with van der Waals surface area (Å²) in [5.74, 6) is -2.38. The highest BCUT2D eigenvalue weighted by atomic mass is 32.1. The SMILES string of the molecule is CCCCOc1cccc(/C(O)=C2\C(=O)C(=O)N(c3nc(C)c(C(=O)OC)s3)C2c2ccc(O)c(OCC)c2)c1. The van der Waals surface area contributed by atoms with Gasteiger partial charge in [0, 0.05) is 5.56 Å². The molecule has 2 N–H and O–H groups in total. The molecule has 0 spiro atoms. The van der Waals surface area contributed by atoms with Crippen molar-refractivity contribution in [3.63, 3.8) is 0 Å². The predicted octanol–water partition coefficient (Wildman–Crippen LogP) is 5.15. The van der Waals surface area contributed by atoms with E-state index in [2.05, 4.69) is 4.98 Å². The Hall–Kier alpha value is -4.38. The summed E-state index contributed by atoms with van der Waals surface area (Å²) in [6, 6.07) is 9.91. The molecule has 1 aromatic heterocycles. The molecule has 11 heteroatoms. The van der Waals surface area contributed by atoms with Gasteiger partial charge < -0.3 is 24.4 Å². The maximum atomic E-state index is 13.5. The fourth-order valence-corrected chi connectivity index (χ4v) is 5.32.